The Morgan fingerprint density at radius 2 is 1.68 bits per heavy atom. The predicted molar refractivity (Wildman–Crippen MR) is 216 cm³/mol. The predicted octanol–water partition coefficient (Wildman–Crippen LogP) is 8.40. The van der Waals surface area contributed by atoms with Gasteiger partial charge >= 0.3 is 0 Å². The van der Waals surface area contributed by atoms with Gasteiger partial charge in [-0.15, -0.1) is 11.3 Å². The van der Waals surface area contributed by atoms with Crippen molar-refractivity contribution in [3.05, 3.63) is 116 Å². The molecule has 1 atom stereocenters. The third-order valence-electron chi connectivity index (χ3n) is 8.26. The minimum absolute atomic E-state index is 0. The number of thiazole rings is 1. The number of aromatic amines is 1. The molecule has 5 aromatic rings. The Morgan fingerprint density at radius 1 is 0.981 bits per heavy atom. The molecule has 0 radical (unpaired) electrons. The molecule has 0 aliphatic carbocycles. The molecule has 1 fully saturated rings. The number of nitrogens with zero attached hydrogens (tertiary/aromatic N) is 4. The maximum Gasteiger partial charge on any atom is 0.272 e. The number of rotatable bonds is 6. The number of fused-ring (bicyclic) bond motifs is 1. The van der Waals surface area contributed by atoms with Crippen LogP contribution >= 0.6 is 43.2 Å². The Bertz CT molecular complexity index is 1950. The molecule has 4 heterocycles. The molecule has 0 saturated carbocycles. The molecule has 7 rings (SSSR count). The number of H-pyrrole nitrogens is 1. The lowest BCUT2D eigenvalue weighted by Crippen LogP contribution is -2.41. The van der Waals surface area contributed by atoms with E-state index in [9.17, 15) is 23.2 Å². The zero-order chi connectivity index (χ0) is 36.3. The van der Waals surface area contributed by atoms with E-state index in [0.29, 0.717) is 49.2 Å². The van der Waals surface area contributed by atoms with Gasteiger partial charge in [0, 0.05) is 53.8 Å². The Kier molecular flexibility index (Phi) is 16.9. The maximum atomic E-state index is 13.2. The first kappa shape index (κ1) is 43.1. The van der Waals surface area contributed by atoms with Crippen molar-refractivity contribution in [2.45, 2.75) is 27.7 Å². The summed E-state index contributed by atoms with van der Waals surface area (Å²) in [5, 5.41) is 14.9. The second kappa shape index (κ2) is 20.8. The molecular weight excluding hydrogens is 832 g/mol. The molecule has 0 unspecified atom stereocenters. The standard InChI is InChI=1S/C27H29FN6O3.C6H4BrF.C3H2BrNS.2CH4/c1-29-27(37)25-22-14-21(6-7-23(22)31-32-25)30-26(36)19-8-11-33(15-19)16-24(35)34-12-9-18(10-13-34)17-2-4-20(28)5-3-17;7-5-1-3-6(8)4-2-5;4-3-5-1-2-6-3;;/h2-7,9,14,19H,8,10-13,15-16H2,1H3,(H,29,37)(H,30,36)(H,31,32);1-4H;1-2H;2*1H4/t19-;;;;/m1..../s1. The van der Waals surface area contributed by atoms with Gasteiger partial charge in [-0.05, 0) is 101 Å². The lowest BCUT2D eigenvalue weighted by molar-refractivity contribution is -0.132. The summed E-state index contributed by atoms with van der Waals surface area (Å²) in [5.74, 6) is -1.05. The second-order valence-corrected chi connectivity index (χ2v) is 14.8. The highest BCUT2D eigenvalue weighted by Gasteiger charge is 2.31. The molecule has 2 aliphatic heterocycles. The number of nitrogens with one attached hydrogen (secondary N) is 3. The minimum Gasteiger partial charge on any atom is -0.354 e. The van der Waals surface area contributed by atoms with E-state index < -0.39 is 0 Å². The third-order valence-corrected chi connectivity index (χ3v) is 10.1. The van der Waals surface area contributed by atoms with Crippen LogP contribution in [0.4, 0.5) is 14.5 Å². The topological polar surface area (TPSA) is 123 Å². The van der Waals surface area contributed by atoms with Gasteiger partial charge in [0.25, 0.3) is 5.91 Å². The van der Waals surface area contributed by atoms with Gasteiger partial charge in [-0.25, -0.2) is 13.8 Å². The Morgan fingerprint density at radius 3 is 2.25 bits per heavy atom. The van der Waals surface area contributed by atoms with Crippen LogP contribution in [0.5, 0.6) is 0 Å². The highest BCUT2D eigenvalue weighted by Crippen LogP contribution is 2.25. The molecular formula is C38H43Br2F2N7O3S. The van der Waals surface area contributed by atoms with Crippen LogP contribution in [0.25, 0.3) is 16.5 Å². The monoisotopic (exact) mass is 873 g/mol. The summed E-state index contributed by atoms with van der Waals surface area (Å²) < 4.78 is 27.1. The first-order valence-electron chi connectivity index (χ1n) is 16.0. The van der Waals surface area contributed by atoms with Crippen LogP contribution in [0.15, 0.2) is 92.8 Å². The van der Waals surface area contributed by atoms with E-state index in [1.54, 1.807) is 60.0 Å². The molecule has 1 saturated heterocycles. The SMILES string of the molecule is Brc1nccs1.C.C.CNC(=O)c1n[nH]c2ccc(NC(=O)[C@@H]3CCN(CC(=O)N4CC=C(c5ccc(F)cc5)CC4)C3)cc12.Fc1ccc(Br)cc1. The molecule has 2 aromatic heterocycles. The van der Waals surface area contributed by atoms with E-state index >= 15 is 0 Å². The van der Waals surface area contributed by atoms with E-state index in [2.05, 4.69) is 57.7 Å². The number of carbonyl (C=O) groups excluding carboxylic acids is 3. The van der Waals surface area contributed by atoms with Crippen LogP contribution in [-0.2, 0) is 9.59 Å². The summed E-state index contributed by atoms with van der Waals surface area (Å²) in [4.78, 5) is 45.5. The summed E-state index contributed by atoms with van der Waals surface area (Å²) in [6.45, 7) is 2.61. The molecule has 3 aromatic carbocycles. The van der Waals surface area contributed by atoms with Gasteiger partial charge in [-0.1, -0.05) is 49.0 Å². The largest absolute Gasteiger partial charge is 0.354 e. The van der Waals surface area contributed by atoms with Gasteiger partial charge in [0.05, 0.1) is 18.0 Å². The Balaban J connectivity index is 0.000000394. The Hall–Kier alpha value is -4.31. The number of anilines is 1. The van der Waals surface area contributed by atoms with Gasteiger partial charge in [-0.3, -0.25) is 24.4 Å². The third kappa shape index (κ3) is 12.4. The molecule has 3 amide bonds. The fourth-order valence-corrected chi connectivity index (χ4v) is 6.63. The lowest BCUT2D eigenvalue weighted by Gasteiger charge is -2.28. The van der Waals surface area contributed by atoms with Crippen molar-refractivity contribution in [1.29, 1.82) is 0 Å². The highest BCUT2D eigenvalue weighted by molar-refractivity contribution is 9.11. The van der Waals surface area contributed by atoms with E-state index in [4.69, 9.17) is 0 Å². The van der Waals surface area contributed by atoms with Gasteiger partial charge in [0.1, 0.15) is 11.6 Å². The summed E-state index contributed by atoms with van der Waals surface area (Å²) in [6.07, 6.45) is 5.19. The number of hydrogen-bond acceptors (Lipinski definition) is 7. The number of halogens is 4. The first-order chi connectivity index (χ1) is 24.6. The summed E-state index contributed by atoms with van der Waals surface area (Å²) in [6, 6.07) is 17.9. The van der Waals surface area contributed by atoms with Crippen LogP contribution in [-0.4, -0.2) is 82.5 Å². The molecule has 282 valence electrons. The fourth-order valence-electron chi connectivity index (χ4n) is 5.57. The average molecular weight is 876 g/mol. The molecule has 3 N–H and O–H groups in total. The zero-order valence-corrected chi connectivity index (χ0v) is 31.5. The van der Waals surface area contributed by atoms with Gasteiger partial charge in [0.15, 0.2) is 9.61 Å². The second-order valence-electron chi connectivity index (χ2n) is 11.7. The Labute approximate surface area is 329 Å². The van der Waals surface area contributed by atoms with E-state index in [0.717, 1.165) is 25.9 Å². The molecule has 0 bridgehead atoms. The van der Waals surface area contributed by atoms with E-state index in [-0.39, 0.29) is 62.4 Å². The normalized spacial score (nSPS) is 15.0. The number of hydrogen-bond donors (Lipinski definition) is 3. The van der Waals surface area contributed by atoms with Crippen molar-refractivity contribution < 1.29 is 23.2 Å². The number of carbonyl (C=O) groups is 3. The summed E-state index contributed by atoms with van der Waals surface area (Å²) in [7, 11) is 1.54. The maximum absolute atomic E-state index is 13.2. The smallest absolute Gasteiger partial charge is 0.272 e. The molecule has 15 heteroatoms. The van der Waals surface area contributed by atoms with Gasteiger partial charge < -0.3 is 15.5 Å². The van der Waals surface area contributed by atoms with Crippen LogP contribution in [0.3, 0.4) is 0 Å². The molecule has 0 spiro atoms. The highest BCUT2D eigenvalue weighted by atomic mass is 79.9. The quantitative estimate of drug-likeness (QED) is 0.158. The zero-order valence-electron chi connectivity index (χ0n) is 27.5. The molecule has 2 aliphatic rings. The van der Waals surface area contributed by atoms with E-state index in [1.807, 2.05) is 21.3 Å². The summed E-state index contributed by atoms with van der Waals surface area (Å²) >= 11 is 7.95. The molecule has 10 nitrogen and oxygen atoms in total. The van der Waals surface area contributed by atoms with Crippen molar-refractivity contribution in [2.75, 3.05) is 45.1 Å². The van der Waals surface area contributed by atoms with Crippen molar-refractivity contribution in [1.82, 2.24) is 30.3 Å². The molecule has 53 heavy (non-hydrogen) atoms. The first-order valence-corrected chi connectivity index (χ1v) is 18.5. The van der Waals surface area contributed by atoms with Crippen LogP contribution in [0, 0.1) is 17.6 Å². The van der Waals surface area contributed by atoms with Gasteiger partial charge in [0.2, 0.25) is 11.8 Å². The van der Waals surface area contributed by atoms with Crippen molar-refractivity contribution in [2.24, 2.45) is 5.92 Å². The van der Waals surface area contributed by atoms with Crippen LogP contribution < -0.4 is 10.6 Å². The fraction of sp³-hybridized carbons (Fsp3) is 0.289. The number of aromatic nitrogens is 3. The van der Waals surface area contributed by atoms with Crippen molar-refractivity contribution in [3.63, 3.8) is 0 Å². The van der Waals surface area contributed by atoms with Crippen LogP contribution in [0.2, 0.25) is 0 Å². The minimum atomic E-state index is -0.304. The van der Waals surface area contributed by atoms with Gasteiger partial charge in [-0.2, -0.15) is 5.10 Å². The average Bonchev–Trinajstić information content (AvgIpc) is 3.92. The number of likely N-dealkylation sites (tertiary alicyclic amines) is 1. The van der Waals surface area contributed by atoms with E-state index in [1.165, 1.54) is 31.3 Å². The number of benzene rings is 3. The summed E-state index contributed by atoms with van der Waals surface area (Å²) in [5.41, 5.74) is 3.68. The van der Waals surface area contributed by atoms with Crippen molar-refractivity contribution in [3.8, 4) is 0 Å². The van der Waals surface area contributed by atoms with Crippen molar-refractivity contribution >= 4 is 83.1 Å². The lowest BCUT2D eigenvalue weighted by atomic mass is 9.99. The number of amides is 3. The van der Waals surface area contributed by atoms with Crippen LogP contribution in [0.1, 0.15) is 43.7 Å².